The van der Waals surface area contributed by atoms with E-state index in [1.165, 1.54) is 12.1 Å². The highest BCUT2D eigenvalue weighted by atomic mass is 16.6. The summed E-state index contributed by atoms with van der Waals surface area (Å²) in [7, 11) is 0. The molecule has 0 radical (unpaired) electrons. The molecule has 2 atom stereocenters. The summed E-state index contributed by atoms with van der Waals surface area (Å²) in [5.74, 6) is -0.630. The first kappa shape index (κ1) is 14.0. The Labute approximate surface area is 125 Å². The first-order valence-electron chi connectivity index (χ1n) is 6.74. The molecule has 1 amide bonds. The summed E-state index contributed by atoms with van der Waals surface area (Å²) >= 11 is 0. The fourth-order valence-electron chi connectivity index (χ4n) is 2.43. The maximum atomic E-state index is 12.2. The number of carbonyl (C=O) groups excluding carboxylic acids is 1. The molecule has 0 bridgehead atoms. The van der Waals surface area contributed by atoms with Crippen LogP contribution in [-0.2, 0) is 4.79 Å². The number of nitro benzene ring substituents is 1. The van der Waals surface area contributed by atoms with Crippen LogP contribution in [0.3, 0.4) is 0 Å². The van der Waals surface area contributed by atoms with Crippen molar-refractivity contribution in [2.24, 2.45) is 5.92 Å². The predicted molar refractivity (Wildman–Crippen MR) is 78.5 cm³/mol. The van der Waals surface area contributed by atoms with E-state index in [9.17, 15) is 20.0 Å². The normalized spacial score (nSPS) is 19.5. The number of carbonyl (C=O) groups is 1. The van der Waals surface area contributed by atoms with Gasteiger partial charge in [0.05, 0.1) is 4.92 Å². The van der Waals surface area contributed by atoms with E-state index < -0.39 is 16.4 Å². The molecule has 2 N–H and O–H groups in total. The number of anilines is 1. The first-order valence-corrected chi connectivity index (χ1v) is 6.74. The lowest BCUT2D eigenvalue weighted by Crippen LogP contribution is -2.14. The maximum absolute atomic E-state index is 12.2. The molecule has 1 aliphatic carbocycles. The summed E-state index contributed by atoms with van der Waals surface area (Å²) in [6, 6.07) is 7.53. The molecule has 0 aliphatic heterocycles. The van der Waals surface area contributed by atoms with Gasteiger partial charge in [-0.1, -0.05) is 6.07 Å². The zero-order valence-corrected chi connectivity index (χ0v) is 11.5. The van der Waals surface area contributed by atoms with Gasteiger partial charge in [0.25, 0.3) is 0 Å². The SMILES string of the molecule is O=C(Nc1ccc(O)c([N+](=O)[O-])c1)[C@H]1C[C@@H]1c1cccnc1. The second kappa shape index (κ2) is 5.44. The summed E-state index contributed by atoms with van der Waals surface area (Å²) in [4.78, 5) is 26.3. The van der Waals surface area contributed by atoms with Crippen LogP contribution in [0.25, 0.3) is 0 Å². The van der Waals surface area contributed by atoms with Crippen molar-refractivity contribution in [3.63, 3.8) is 0 Å². The van der Waals surface area contributed by atoms with Crippen LogP contribution in [0.1, 0.15) is 17.9 Å². The van der Waals surface area contributed by atoms with Gasteiger partial charge >= 0.3 is 5.69 Å². The minimum atomic E-state index is -0.694. The molecule has 0 saturated heterocycles. The monoisotopic (exact) mass is 299 g/mol. The van der Waals surface area contributed by atoms with Gasteiger partial charge in [0.2, 0.25) is 5.91 Å². The molecular formula is C15H13N3O4. The second-order valence-electron chi connectivity index (χ2n) is 5.18. The Morgan fingerprint density at radius 1 is 1.41 bits per heavy atom. The molecule has 1 fully saturated rings. The molecule has 22 heavy (non-hydrogen) atoms. The molecule has 7 nitrogen and oxygen atoms in total. The molecule has 3 rings (SSSR count). The van der Waals surface area contributed by atoms with Crippen molar-refractivity contribution in [2.75, 3.05) is 5.32 Å². The summed E-state index contributed by atoms with van der Waals surface area (Å²) in [6.45, 7) is 0. The van der Waals surface area contributed by atoms with Crippen molar-refractivity contribution in [2.45, 2.75) is 12.3 Å². The van der Waals surface area contributed by atoms with Gasteiger partial charge in [-0.05, 0) is 36.1 Å². The molecule has 112 valence electrons. The number of pyridine rings is 1. The molecule has 1 aliphatic rings. The highest BCUT2D eigenvalue weighted by molar-refractivity contribution is 5.95. The zero-order chi connectivity index (χ0) is 15.7. The van der Waals surface area contributed by atoms with Crippen molar-refractivity contribution in [3.8, 4) is 5.75 Å². The number of benzene rings is 1. The van der Waals surface area contributed by atoms with E-state index in [-0.39, 0.29) is 17.7 Å². The van der Waals surface area contributed by atoms with Crippen LogP contribution in [0.15, 0.2) is 42.7 Å². The van der Waals surface area contributed by atoms with E-state index in [2.05, 4.69) is 10.3 Å². The Balaban J connectivity index is 1.69. The van der Waals surface area contributed by atoms with Gasteiger partial charge in [-0.15, -0.1) is 0 Å². The third-order valence-corrected chi connectivity index (χ3v) is 3.68. The molecule has 2 aromatic rings. The number of hydrogen-bond donors (Lipinski definition) is 2. The Kier molecular flexibility index (Phi) is 3.46. The quantitative estimate of drug-likeness (QED) is 0.512. The van der Waals surface area contributed by atoms with Crippen LogP contribution in [0.4, 0.5) is 11.4 Å². The van der Waals surface area contributed by atoms with E-state index in [0.717, 1.165) is 18.1 Å². The number of rotatable bonds is 4. The fourth-order valence-corrected chi connectivity index (χ4v) is 2.43. The van der Waals surface area contributed by atoms with Crippen LogP contribution in [0.2, 0.25) is 0 Å². The molecule has 0 unspecified atom stereocenters. The minimum Gasteiger partial charge on any atom is -0.502 e. The van der Waals surface area contributed by atoms with E-state index in [4.69, 9.17) is 0 Å². The standard InChI is InChI=1S/C15H13N3O4/c19-14-4-3-10(6-13(14)18(21)22)17-15(20)12-7-11(12)9-2-1-5-16-8-9/h1-6,8,11-12,19H,7H2,(H,17,20)/t11-,12+/m1/s1. The number of nitro groups is 1. The lowest BCUT2D eigenvalue weighted by atomic mass is 10.1. The van der Waals surface area contributed by atoms with E-state index >= 15 is 0 Å². The Morgan fingerprint density at radius 2 is 2.23 bits per heavy atom. The summed E-state index contributed by atoms with van der Waals surface area (Å²) in [5, 5.41) is 22.8. The van der Waals surface area contributed by atoms with E-state index in [1.54, 1.807) is 12.4 Å². The Morgan fingerprint density at radius 3 is 2.91 bits per heavy atom. The average molecular weight is 299 g/mol. The largest absolute Gasteiger partial charge is 0.502 e. The maximum Gasteiger partial charge on any atom is 0.312 e. The van der Waals surface area contributed by atoms with E-state index in [0.29, 0.717) is 5.69 Å². The van der Waals surface area contributed by atoms with Crippen molar-refractivity contribution in [1.82, 2.24) is 4.98 Å². The van der Waals surface area contributed by atoms with Gasteiger partial charge in [0, 0.05) is 30.1 Å². The molecule has 7 heteroatoms. The number of nitrogens with zero attached hydrogens (tertiary/aromatic N) is 2. The number of amides is 1. The predicted octanol–water partition coefficient (Wildman–Crippen LogP) is 2.44. The third-order valence-electron chi connectivity index (χ3n) is 3.68. The topological polar surface area (TPSA) is 105 Å². The number of nitrogens with one attached hydrogen (secondary N) is 1. The van der Waals surface area contributed by atoms with Gasteiger partial charge in [-0.25, -0.2) is 0 Å². The van der Waals surface area contributed by atoms with Gasteiger partial charge in [-0.3, -0.25) is 19.9 Å². The van der Waals surface area contributed by atoms with E-state index in [1.807, 2.05) is 12.1 Å². The average Bonchev–Trinajstić information content (AvgIpc) is 3.30. The Bertz CT molecular complexity index is 733. The fraction of sp³-hybridized carbons (Fsp3) is 0.200. The number of hydrogen-bond acceptors (Lipinski definition) is 5. The lowest BCUT2D eigenvalue weighted by Gasteiger charge is -2.05. The number of aromatic nitrogens is 1. The minimum absolute atomic E-state index is 0.140. The second-order valence-corrected chi connectivity index (χ2v) is 5.18. The van der Waals surface area contributed by atoms with Crippen LogP contribution >= 0.6 is 0 Å². The van der Waals surface area contributed by atoms with Crippen LogP contribution in [0.5, 0.6) is 5.75 Å². The summed E-state index contributed by atoms with van der Waals surface area (Å²) < 4.78 is 0. The number of phenolic OH excluding ortho intramolecular Hbond substituents is 1. The van der Waals surface area contributed by atoms with Gasteiger partial charge in [0.15, 0.2) is 5.75 Å². The Hall–Kier alpha value is -2.96. The molecule has 1 saturated carbocycles. The molecule has 1 heterocycles. The lowest BCUT2D eigenvalue weighted by molar-refractivity contribution is -0.385. The first-order chi connectivity index (χ1) is 10.6. The third kappa shape index (κ3) is 2.73. The molecular weight excluding hydrogens is 286 g/mol. The van der Waals surface area contributed by atoms with Crippen LogP contribution < -0.4 is 5.32 Å². The molecule has 1 aromatic heterocycles. The van der Waals surface area contributed by atoms with Gasteiger partial charge in [0.1, 0.15) is 0 Å². The number of aromatic hydroxyl groups is 1. The van der Waals surface area contributed by atoms with Crippen molar-refractivity contribution >= 4 is 17.3 Å². The zero-order valence-electron chi connectivity index (χ0n) is 11.5. The highest BCUT2D eigenvalue weighted by Crippen LogP contribution is 2.47. The summed E-state index contributed by atoms with van der Waals surface area (Å²) in [6.07, 6.45) is 4.15. The van der Waals surface area contributed by atoms with Crippen molar-refractivity contribution in [1.29, 1.82) is 0 Å². The van der Waals surface area contributed by atoms with Gasteiger partial charge in [-0.2, -0.15) is 0 Å². The molecule has 1 aromatic carbocycles. The van der Waals surface area contributed by atoms with Crippen LogP contribution in [-0.4, -0.2) is 20.9 Å². The highest BCUT2D eigenvalue weighted by Gasteiger charge is 2.44. The summed E-state index contributed by atoms with van der Waals surface area (Å²) in [5.41, 5.74) is 0.878. The van der Waals surface area contributed by atoms with Crippen molar-refractivity contribution in [3.05, 3.63) is 58.4 Å². The number of phenols is 1. The van der Waals surface area contributed by atoms with Crippen LogP contribution in [0, 0.1) is 16.0 Å². The van der Waals surface area contributed by atoms with Crippen molar-refractivity contribution < 1.29 is 14.8 Å². The van der Waals surface area contributed by atoms with Gasteiger partial charge < -0.3 is 10.4 Å². The molecule has 0 spiro atoms. The smallest absolute Gasteiger partial charge is 0.312 e.